The van der Waals surface area contributed by atoms with Gasteiger partial charge in [-0.2, -0.15) is 5.10 Å². The van der Waals surface area contributed by atoms with Gasteiger partial charge in [0.05, 0.1) is 11.2 Å². The van der Waals surface area contributed by atoms with Gasteiger partial charge in [-0.15, -0.1) is 0 Å². The molecule has 0 unspecified atom stereocenters. The zero-order valence-corrected chi connectivity index (χ0v) is 9.04. The fourth-order valence-corrected chi connectivity index (χ4v) is 1.33. The maximum atomic E-state index is 5.73. The first-order valence-corrected chi connectivity index (χ1v) is 4.98. The number of nitrogens with one attached hydrogen (secondary N) is 2. The number of halogens is 1. The minimum atomic E-state index is 0.639. The molecule has 0 radical (unpaired) electrons. The first-order chi connectivity index (χ1) is 7.25. The predicted molar refractivity (Wildman–Crippen MR) is 59.9 cm³/mol. The average molecular weight is 223 g/mol. The first-order valence-electron chi connectivity index (χ1n) is 4.60. The summed E-state index contributed by atoms with van der Waals surface area (Å²) >= 11 is 5.73. The molecule has 0 aliphatic rings. The summed E-state index contributed by atoms with van der Waals surface area (Å²) in [5.74, 6) is 0.806. The second-order valence-corrected chi connectivity index (χ2v) is 3.67. The quantitative estimate of drug-likeness (QED) is 0.839. The number of rotatable bonds is 3. The molecule has 0 fully saturated rings. The molecule has 0 aliphatic heterocycles. The first kappa shape index (κ1) is 9.98. The Morgan fingerprint density at radius 3 is 2.87 bits per heavy atom. The van der Waals surface area contributed by atoms with Crippen molar-refractivity contribution < 1.29 is 0 Å². The van der Waals surface area contributed by atoms with Gasteiger partial charge in [-0.1, -0.05) is 11.6 Å². The van der Waals surface area contributed by atoms with Crippen LogP contribution in [-0.2, 0) is 6.54 Å². The van der Waals surface area contributed by atoms with E-state index in [1.54, 1.807) is 18.5 Å². The van der Waals surface area contributed by atoms with Gasteiger partial charge in [-0.3, -0.25) is 5.10 Å². The van der Waals surface area contributed by atoms with Crippen LogP contribution in [0.15, 0.2) is 24.5 Å². The van der Waals surface area contributed by atoms with Crippen molar-refractivity contribution in [3.8, 4) is 0 Å². The van der Waals surface area contributed by atoms with Gasteiger partial charge in [0.2, 0.25) is 0 Å². The second-order valence-electron chi connectivity index (χ2n) is 3.24. The summed E-state index contributed by atoms with van der Waals surface area (Å²) in [6, 6.07) is 3.65. The van der Waals surface area contributed by atoms with Gasteiger partial charge >= 0.3 is 0 Å². The number of H-pyrrole nitrogens is 1. The summed E-state index contributed by atoms with van der Waals surface area (Å²) in [5.41, 5.74) is 2.20. The number of aryl methyl sites for hydroxylation is 1. The van der Waals surface area contributed by atoms with Crippen LogP contribution < -0.4 is 5.32 Å². The van der Waals surface area contributed by atoms with E-state index in [1.807, 2.05) is 13.0 Å². The minimum absolute atomic E-state index is 0.639. The molecule has 5 heteroatoms. The molecule has 0 aliphatic carbocycles. The van der Waals surface area contributed by atoms with Crippen molar-refractivity contribution in [2.75, 3.05) is 5.32 Å². The smallest absolute Gasteiger partial charge is 0.126 e. The molecule has 78 valence electrons. The van der Waals surface area contributed by atoms with Crippen LogP contribution in [-0.4, -0.2) is 15.2 Å². The van der Waals surface area contributed by atoms with E-state index in [-0.39, 0.29) is 0 Å². The van der Waals surface area contributed by atoms with Crippen LogP contribution in [0.2, 0.25) is 5.02 Å². The summed E-state index contributed by atoms with van der Waals surface area (Å²) in [7, 11) is 0. The highest BCUT2D eigenvalue weighted by Crippen LogP contribution is 2.11. The van der Waals surface area contributed by atoms with Gasteiger partial charge < -0.3 is 5.32 Å². The molecule has 0 saturated heterocycles. The Balaban J connectivity index is 1.99. The van der Waals surface area contributed by atoms with Crippen LogP contribution in [0.3, 0.4) is 0 Å². The van der Waals surface area contributed by atoms with Gasteiger partial charge in [0.15, 0.2) is 0 Å². The Hall–Kier alpha value is -1.55. The molecule has 0 aromatic carbocycles. The Morgan fingerprint density at radius 1 is 1.40 bits per heavy atom. The standard InChI is InChI=1S/C10H11ClN4/c1-7-8(5-14-15-7)4-12-10-3-2-9(11)6-13-10/h2-3,5-6H,4H2,1H3,(H,12,13)(H,14,15). The molecule has 2 heterocycles. The number of pyridine rings is 1. The van der Waals surface area contributed by atoms with Gasteiger partial charge in [0.25, 0.3) is 0 Å². The number of hydrogen-bond acceptors (Lipinski definition) is 3. The summed E-state index contributed by atoms with van der Waals surface area (Å²) in [4.78, 5) is 4.13. The maximum Gasteiger partial charge on any atom is 0.126 e. The monoisotopic (exact) mass is 222 g/mol. The van der Waals surface area contributed by atoms with E-state index in [0.29, 0.717) is 11.6 Å². The Bertz CT molecular complexity index is 435. The van der Waals surface area contributed by atoms with Crippen LogP contribution in [0.5, 0.6) is 0 Å². The van der Waals surface area contributed by atoms with Crippen molar-refractivity contribution in [2.45, 2.75) is 13.5 Å². The second kappa shape index (κ2) is 4.31. The Kier molecular flexibility index (Phi) is 2.87. The van der Waals surface area contributed by atoms with Gasteiger partial charge in [0.1, 0.15) is 5.82 Å². The van der Waals surface area contributed by atoms with E-state index in [2.05, 4.69) is 20.5 Å². The lowest BCUT2D eigenvalue weighted by Crippen LogP contribution is -2.01. The molecule has 4 nitrogen and oxygen atoms in total. The molecule has 2 N–H and O–H groups in total. The van der Waals surface area contributed by atoms with Gasteiger partial charge in [-0.05, 0) is 19.1 Å². The van der Waals surface area contributed by atoms with Crippen molar-refractivity contribution in [3.05, 3.63) is 40.8 Å². The molecular formula is C10H11ClN4. The molecule has 0 saturated carbocycles. The van der Waals surface area contributed by atoms with Crippen molar-refractivity contribution in [1.82, 2.24) is 15.2 Å². The number of hydrogen-bond donors (Lipinski definition) is 2. The molecular weight excluding hydrogens is 212 g/mol. The number of nitrogens with zero attached hydrogens (tertiary/aromatic N) is 2. The fourth-order valence-electron chi connectivity index (χ4n) is 1.22. The molecule has 15 heavy (non-hydrogen) atoms. The number of aromatic amines is 1. The van der Waals surface area contributed by atoms with E-state index in [0.717, 1.165) is 17.1 Å². The summed E-state index contributed by atoms with van der Waals surface area (Å²) in [5, 5.41) is 10.6. The summed E-state index contributed by atoms with van der Waals surface area (Å²) < 4.78 is 0. The summed E-state index contributed by atoms with van der Waals surface area (Å²) in [6.07, 6.45) is 3.42. The zero-order chi connectivity index (χ0) is 10.7. The number of anilines is 1. The van der Waals surface area contributed by atoms with Crippen LogP contribution >= 0.6 is 11.6 Å². The Labute approximate surface area is 92.7 Å². The van der Waals surface area contributed by atoms with E-state index in [4.69, 9.17) is 11.6 Å². The van der Waals surface area contributed by atoms with Crippen molar-refractivity contribution in [1.29, 1.82) is 0 Å². The Morgan fingerprint density at radius 2 is 2.27 bits per heavy atom. The van der Waals surface area contributed by atoms with Crippen molar-refractivity contribution in [3.63, 3.8) is 0 Å². The van der Waals surface area contributed by atoms with Crippen molar-refractivity contribution in [2.24, 2.45) is 0 Å². The fraction of sp³-hybridized carbons (Fsp3) is 0.200. The largest absolute Gasteiger partial charge is 0.366 e. The van der Waals surface area contributed by atoms with Gasteiger partial charge in [-0.25, -0.2) is 4.98 Å². The molecule has 2 rings (SSSR count). The highest BCUT2D eigenvalue weighted by atomic mass is 35.5. The lowest BCUT2D eigenvalue weighted by molar-refractivity contribution is 1.04. The predicted octanol–water partition coefficient (Wildman–Crippen LogP) is 2.38. The highest BCUT2D eigenvalue weighted by molar-refractivity contribution is 6.30. The molecule has 0 bridgehead atoms. The van der Waals surface area contributed by atoms with Crippen LogP contribution in [0.4, 0.5) is 5.82 Å². The third-order valence-electron chi connectivity index (χ3n) is 2.12. The average Bonchev–Trinajstić information content (AvgIpc) is 2.63. The maximum absolute atomic E-state index is 5.73. The van der Waals surface area contributed by atoms with E-state index in [1.165, 1.54) is 0 Å². The lowest BCUT2D eigenvalue weighted by Gasteiger charge is -2.03. The van der Waals surface area contributed by atoms with Crippen LogP contribution in [0.25, 0.3) is 0 Å². The number of aromatic nitrogens is 3. The molecule has 0 atom stereocenters. The molecule has 0 amide bonds. The van der Waals surface area contributed by atoms with Crippen LogP contribution in [0, 0.1) is 6.92 Å². The zero-order valence-electron chi connectivity index (χ0n) is 8.29. The topological polar surface area (TPSA) is 53.6 Å². The van der Waals surface area contributed by atoms with Gasteiger partial charge in [0, 0.05) is 24.0 Å². The molecule has 2 aromatic rings. The SMILES string of the molecule is Cc1[nH]ncc1CNc1ccc(Cl)cn1. The third kappa shape index (κ3) is 2.47. The van der Waals surface area contributed by atoms with E-state index in [9.17, 15) is 0 Å². The summed E-state index contributed by atoms with van der Waals surface area (Å²) in [6.45, 7) is 2.69. The minimum Gasteiger partial charge on any atom is -0.366 e. The lowest BCUT2D eigenvalue weighted by atomic mass is 10.2. The van der Waals surface area contributed by atoms with E-state index < -0.39 is 0 Å². The molecule has 0 spiro atoms. The van der Waals surface area contributed by atoms with Crippen molar-refractivity contribution >= 4 is 17.4 Å². The molecule has 2 aromatic heterocycles. The highest BCUT2D eigenvalue weighted by Gasteiger charge is 2.00. The normalized spacial score (nSPS) is 10.3. The third-order valence-corrected chi connectivity index (χ3v) is 2.35. The van der Waals surface area contributed by atoms with E-state index >= 15 is 0 Å². The van der Waals surface area contributed by atoms with Crippen LogP contribution in [0.1, 0.15) is 11.3 Å².